The lowest BCUT2D eigenvalue weighted by Gasteiger charge is -1.99. The van der Waals surface area contributed by atoms with E-state index in [-0.39, 0.29) is 0 Å². The predicted molar refractivity (Wildman–Crippen MR) is 72.4 cm³/mol. The van der Waals surface area contributed by atoms with Crippen molar-refractivity contribution in [2.75, 3.05) is 6.54 Å². The Kier molecular flexibility index (Phi) is 4.34. The summed E-state index contributed by atoms with van der Waals surface area (Å²) < 4.78 is 2.06. The third kappa shape index (κ3) is 3.41. The quantitative estimate of drug-likeness (QED) is 0.853. The molecular weight excluding hydrogens is 230 g/mol. The molecule has 3 nitrogen and oxygen atoms in total. The summed E-state index contributed by atoms with van der Waals surface area (Å²) in [7, 11) is 0. The molecule has 92 valence electrons. The van der Waals surface area contributed by atoms with Gasteiger partial charge >= 0.3 is 0 Å². The minimum atomic E-state index is 0.918. The van der Waals surface area contributed by atoms with Gasteiger partial charge in [-0.15, -0.1) is 11.3 Å². The number of hydrogen-bond acceptors (Lipinski definition) is 3. The second kappa shape index (κ2) is 5.98. The van der Waals surface area contributed by atoms with Gasteiger partial charge in [0, 0.05) is 36.1 Å². The summed E-state index contributed by atoms with van der Waals surface area (Å²) in [5, 5.41) is 10.0. The van der Waals surface area contributed by atoms with Crippen LogP contribution in [0.2, 0.25) is 0 Å². The van der Waals surface area contributed by atoms with E-state index >= 15 is 0 Å². The first-order valence-electron chi connectivity index (χ1n) is 6.05. The minimum Gasteiger partial charge on any atom is -0.313 e. The highest BCUT2D eigenvalue weighted by Gasteiger charge is 2.04. The monoisotopic (exact) mass is 249 g/mol. The predicted octanol–water partition coefficient (Wildman–Crippen LogP) is 2.61. The number of rotatable bonds is 6. The van der Waals surface area contributed by atoms with Gasteiger partial charge in [-0.05, 0) is 24.9 Å². The average molecular weight is 249 g/mol. The number of nitrogens with zero attached hydrogens (tertiary/aromatic N) is 2. The molecule has 1 N–H and O–H groups in total. The molecule has 2 heterocycles. The molecule has 0 unspecified atom stereocenters. The zero-order valence-corrected chi connectivity index (χ0v) is 11.3. The van der Waals surface area contributed by atoms with Gasteiger partial charge in [0.2, 0.25) is 0 Å². The van der Waals surface area contributed by atoms with E-state index in [0.29, 0.717) is 0 Å². The maximum Gasteiger partial charge on any atom is 0.0638 e. The lowest BCUT2D eigenvalue weighted by molar-refractivity contribution is 0.613. The Hall–Kier alpha value is -1.13. The molecule has 0 bridgehead atoms. The zero-order chi connectivity index (χ0) is 12.1. The van der Waals surface area contributed by atoms with Crippen LogP contribution in [-0.2, 0) is 19.5 Å². The molecule has 0 fully saturated rings. The smallest absolute Gasteiger partial charge is 0.0638 e. The number of hydrogen-bond donors (Lipinski definition) is 1. The maximum atomic E-state index is 4.54. The standard InChI is InChI=1S/C13H19N3S/c1-3-14-9-12-10-16(15-11(12)2)7-6-13-5-4-8-17-13/h4-5,8,10,14H,3,6-7,9H2,1-2H3. The Morgan fingerprint density at radius 2 is 2.35 bits per heavy atom. The molecule has 0 spiro atoms. The van der Waals surface area contributed by atoms with E-state index in [1.54, 1.807) is 0 Å². The molecule has 2 aromatic heterocycles. The molecule has 0 aliphatic rings. The van der Waals surface area contributed by atoms with Crippen LogP contribution in [0.1, 0.15) is 23.1 Å². The number of nitrogens with one attached hydrogen (secondary N) is 1. The van der Waals surface area contributed by atoms with Crippen LogP contribution >= 0.6 is 11.3 Å². The summed E-state index contributed by atoms with van der Waals surface area (Å²) in [6, 6.07) is 4.28. The van der Waals surface area contributed by atoms with Crippen molar-refractivity contribution < 1.29 is 0 Å². The van der Waals surface area contributed by atoms with Crippen LogP contribution in [0.25, 0.3) is 0 Å². The van der Waals surface area contributed by atoms with Crippen molar-refractivity contribution in [2.24, 2.45) is 0 Å². The van der Waals surface area contributed by atoms with Crippen molar-refractivity contribution in [3.05, 3.63) is 39.8 Å². The third-order valence-electron chi connectivity index (χ3n) is 2.78. The molecule has 2 aromatic rings. The Balaban J connectivity index is 1.92. The van der Waals surface area contributed by atoms with E-state index in [1.807, 2.05) is 11.3 Å². The third-order valence-corrected chi connectivity index (χ3v) is 3.72. The van der Waals surface area contributed by atoms with Crippen molar-refractivity contribution in [3.63, 3.8) is 0 Å². The van der Waals surface area contributed by atoms with Gasteiger partial charge in [0.1, 0.15) is 0 Å². The largest absolute Gasteiger partial charge is 0.313 e. The summed E-state index contributed by atoms with van der Waals surface area (Å²) in [5.41, 5.74) is 2.44. The highest BCUT2D eigenvalue weighted by Crippen LogP contribution is 2.11. The molecule has 0 atom stereocenters. The van der Waals surface area contributed by atoms with Gasteiger partial charge in [0.25, 0.3) is 0 Å². The summed E-state index contributed by atoms with van der Waals surface area (Å²) in [5.74, 6) is 0. The Morgan fingerprint density at radius 1 is 1.47 bits per heavy atom. The van der Waals surface area contributed by atoms with Gasteiger partial charge in [0.15, 0.2) is 0 Å². The van der Waals surface area contributed by atoms with Gasteiger partial charge in [-0.3, -0.25) is 4.68 Å². The highest BCUT2D eigenvalue weighted by atomic mass is 32.1. The molecule has 2 rings (SSSR count). The van der Waals surface area contributed by atoms with Crippen molar-refractivity contribution in [2.45, 2.75) is 33.4 Å². The fourth-order valence-electron chi connectivity index (χ4n) is 1.79. The van der Waals surface area contributed by atoms with Crippen LogP contribution in [0.15, 0.2) is 23.7 Å². The van der Waals surface area contributed by atoms with E-state index < -0.39 is 0 Å². The van der Waals surface area contributed by atoms with Gasteiger partial charge in [-0.2, -0.15) is 5.10 Å². The summed E-state index contributed by atoms with van der Waals surface area (Å²) in [6.45, 7) is 7.08. The van der Waals surface area contributed by atoms with Gasteiger partial charge in [0.05, 0.1) is 5.69 Å². The van der Waals surface area contributed by atoms with Crippen LogP contribution in [-0.4, -0.2) is 16.3 Å². The summed E-state index contributed by atoms with van der Waals surface area (Å²) in [4.78, 5) is 1.42. The van der Waals surface area contributed by atoms with Crippen molar-refractivity contribution in [1.82, 2.24) is 15.1 Å². The average Bonchev–Trinajstić information content (AvgIpc) is 2.93. The summed E-state index contributed by atoms with van der Waals surface area (Å²) >= 11 is 1.81. The van der Waals surface area contributed by atoms with Crippen LogP contribution < -0.4 is 5.32 Å². The first-order valence-corrected chi connectivity index (χ1v) is 6.93. The van der Waals surface area contributed by atoms with Gasteiger partial charge in [-0.25, -0.2) is 0 Å². The molecule has 0 aliphatic heterocycles. The Morgan fingerprint density at radius 3 is 3.06 bits per heavy atom. The van der Waals surface area contributed by atoms with E-state index in [4.69, 9.17) is 0 Å². The second-order valence-corrected chi connectivity index (χ2v) is 5.14. The number of aromatic nitrogens is 2. The molecule has 0 saturated heterocycles. The Bertz CT molecular complexity index is 445. The van der Waals surface area contributed by atoms with E-state index in [0.717, 1.165) is 31.7 Å². The van der Waals surface area contributed by atoms with Crippen molar-refractivity contribution >= 4 is 11.3 Å². The van der Waals surface area contributed by atoms with Crippen molar-refractivity contribution in [3.8, 4) is 0 Å². The lowest BCUT2D eigenvalue weighted by Crippen LogP contribution is -2.11. The van der Waals surface area contributed by atoms with E-state index in [1.165, 1.54) is 10.4 Å². The first-order chi connectivity index (χ1) is 8.29. The first kappa shape index (κ1) is 12.3. The fraction of sp³-hybridized carbons (Fsp3) is 0.462. The molecule has 17 heavy (non-hydrogen) atoms. The van der Waals surface area contributed by atoms with E-state index in [9.17, 15) is 0 Å². The molecule has 4 heteroatoms. The topological polar surface area (TPSA) is 29.9 Å². The molecule has 0 radical (unpaired) electrons. The molecule has 0 aromatic carbocycles. The number of aryl methyl sites for hydroxylation is 3. The highest BCUT2D eigenvalue weighted by molar-refractivity contribution is 7.09. The normalized spacial score (nSPS) is 10.9. The maximum absolute atomic E-state index is 4.54. The summed E-state index contributed by atoms with van der Waals surface area (Å²) in [6.07, 6.45) is 3.23. The van der Waals surface area contributed by atoms with Crippen LogP contribution in [0, 0.1) is 6.92 Å². The van der Waals surface area contributed by atoms with Crippen LogP contribution in [0.3, 0.4) is 0 Å². The minimum absolute atomic E-state index is 0.918. The zero-order valence-electron chi connectivity index (χ0n) is 10.4. The number of thiophene rings is 1. The van der Waals surface area contributed by atoms with Gasteiger partial charge < -0.3 is 5.32 Å². The second-order valence-electron chi connectivity index (χ2n) is 4.11. The molecule has 0 amide bonds. The lowest BCUT2D eigenvalue weighted by atomic mass is 10.2. The molecular formula is C13H19N3S. The molecule has 0 aliphatic carbocycles. The SMILES string of the molecule is CCNCc1cn(CCc2cccs2)nc1C. The van der Waals surface area contributed by atoms with Crippen LogP contribution in [0.5, 0.6) is 0 Å². The van der Waals surface area contributed by atoms with E-state index in [2.05, 4.69) is 52.7 Å². The van der Waals surface area contributed by atoms with Gasteiger partial charge in [-0.1, -0.05) is 13.0 Å². The molecule has 0 saturated carbocycles. The Labute approximate surface area is 106 Å². The van der Waals surface area contributed by atoms with Crippen LogP contribution in [0.4, 0.5) is 0 Å². The fourth-order valence-corrected chi connectivity index (χ4v) is 2.48. The van der Waals surface area contributed by atoms with Crippen molar-refractivity contribution in [1.29, 1.82) is 0 Å².